The maximum absolute atomic E-state index is 12.5. The molecule has 3 atom stereocenters. The minimum absolute atomic E-state index is 0.200. The third kappa shape index (κ3) is 3.17. The van der Waals surface area contributed by atoms with E-state index in [1.165, 1.54) is 44.1 Å². The molecule has 0 bridgehead atoms. The standard InChI is InChI=1S/C21H30N2O2/c1-25-19-8-6-16(7-9-19)15-22-18-10-12-21-11-3-13-23(21)20(24)5-2-4-17(21)14-18/h6-9,17-18,22H,2-5,10-15H2,1H3/t17-,18+,21+/m0/s1. The van der Waals surface area contributed by atoms with Crippen molar-refractivity contribution in [3.8, 4) is 5.75 Å². The topological polar surface area (TPSA) is 41.6 Å². The SMILES string of the molecule is COc1ccc(CN[C@@H]2CC[C@@]34CCCN3C(=O)CCC[C@H]4C2)cc1. The van der Waals surface area contributed by atoms with Crippen LogP contribution in [0, 0.1) is 5.92 Å². The van der Waals surface area contributed by atoms with Crippen LogP contribution in [0.1, 0.15) is 56.9 Å². The first-order valence-electron chi connectivity index (χ1n) is 9.88. The lowest BCUT2D eigenvalue weighted by Gasteiger charge is -2.48. The molecular weight excluding hydrogens is 312 g/mol. The summed E-state index contributed by atoms with van der Waals surface area (Å²) in [4.78, 5) is 14.8. The number of rotatable bonds is 4. The maximum atomic E-state index is 12.5. The van der Waals surface area contributed by atoms with E-state index in [9.17, 15) is 4.79 Å². The van der Waals surface area contributed by atoms with Gasteiger partial charge in [-0.25, -0.2) is 0 Å². The second kappa shape index (κ2) is 6.99. The molecule has 25 heavy (non-hydrogen) atoms. The summed E-state index contributed by atoms with van der Waals surface area (Å²) in [5.41, 5.74) is 1.51. The van der Waals surface area contributed by atoms with Gasteiger partial charge in [0, 0.05) is 31.1 Å². The van der Waals surface area contributed by atoms with E-state index in [1.54, 1.807) is 7.11 Å². The summed E-state index contributed by atoms with van der Waals surface area (Å²) in [6.07, 6.45) is 9.10. The highest BCUT2D eigenvalue weighted by atomic mass is 16.5. The Morgan fingerprint density at radius 2 is 2.04 bits per heavy atom. The van der Waals surface area contributed by atoms with Crippen molar-refractivity contribution in [1.82, 2.24) is 10.2 Å². The van der Waals surface area contributed by atoms with Gasteiger partial charge in [0.05, 0.1) is 7.11 Å². The van der Waals surface area contributed by atoms with Crippen LogP contribution < -0.4 is 10.1 Å². The molecule has 3 aliphatic rings. The third-order valence-electron chi connectivity index (χ3n) is 6.78. The normalized spacial score (nSPS) is 32.0. The van der Waals surface area contributed by atoms with E-state index in [0.717, 1.165) is 31.7 Å². The van der Waals surface area contributed by atoms with Gasteiger partial charge in [0.15, 0.2) is 0 Å². The Labute approximate surface area is 150 Å². The first kappa shape index (κ1) is 16.9. The van der Waals surface area contributed by atoms with Gasteiger partial charge in [-0.1, -0.05) is 12.1 Å². The second-order valence-electron chi connectivity index (χ2n) is 8.04. The summed E-state index contributed by atoms with van der Waals surface area (Å²) in [6, 6.07) is 8.91. The van der Waals surface area contributed by atoms with Gasteiger partial charge >= 0.3 is 0 Å². The minimum atomic E-state index is 0.200. The molecule has 1 aromatic carbocycles. The Hall–Kier alpha value is -1.55. The smallest absolute Gasteiger partial charge is 0.223 e. The zero-order valence-electron chi connectivity index (χ0n) is 15.3. The number of nitrogens with zero attached hydrogens (tertiary/aromatic N) is 1. The summed E-state index contributed by atoms with van der Waals surface area (Å²) in [5.74, 6) is 2.01. The molecule has 2 heterocycles. The van der Waals surface area contributed by atoms with Crippen molar-refractivity contribution in [1.29, 1.82) is 0 Å². The number of benzene rings is 1. The zero-order chi connectivity index (χ0) is 17.3. The fourth-order valence-electron chi connectivity index (χ4n) is 5.48. The predicted octanol–water partition coefficient (Wildman–Crippen LogP) is 3.50. The molecule has 4 heteroatoms. The van der Waals surface area contributed by atoms with Crippen LogP contribution >= 0.6 is 0 Å². The lowest BCUT2D eigenvalue weighted by molar-refractivity contribution is -0.137. The lowest BCUT2D eigenvalue weighted by Crippen LogP contribution is -2.55. The molecule has 1 aromatic rings. The molecule has 2 saturated heterocycles. The van der Waals surface area contributed by atoms with Gasteiger partial charge in [-0.05, 0) is 68.6 Å². The van der Waals surface area contributed by atoms with Gasteiger partial charge in [0.25, 0.3) is 0 Å². The minimum Gasteiger partial charge on any atom is -0.497 e. The molecule has 1 spiro atoms. The highest BCUT2D eigenvalue weighted by Gasteiger charge is 2.52. The van der Waals surface area contributed by atoms with Crippen molar-refractivity contribution < 1.29 is 9.53 Å². The summed E-state index contributed by atoms with van der Waals surface area (Å²) < 4.78 is 5.23. The second-order valence-corrected chi connectivity index (χ2v) is 8.04. The molecule has 4 nitrogen and oxygen atoms in total. The molecule has 1 aliphatic carbocycles. The molecule has 136 valence electrons. The first-order valence-corrected chi connectivity index (χ1v) is 9.88. The first-order chi connectivity index (χ1) is 12.2. The summed E-state index contributed by atoms with van der Waals surface area (Å²) in [7, 11) is 1.70. The third-order valence-corrected chi connectivity index (χ3v) is 6.78. The molecule has 2 aliphatic heterocycles. The summed E-state index contributed by atoms with van der Waals surface area (Å²) >= 11 is 0. The van der Waals surface area contributed by atoms with E-state index in [0.29, 0.717) is 17.9 Å². The zero-order valence-corrected chi connectivity index (χ0v) is 15.3. The van der Waals surface area contributed by atoms with Crippen molar-refractivity contribution in [2.45, 2.75) is 69.5 Å². The van der Waals surface area contributed by atoms with Crippen molar-refractivity contribution in [3.63, 3.8) is 0 Å². The molecule has 0 radical (unpaired) electrons. The Bertz CT molecular complexity index is 615. The molecule has 4 rings (SSSR count). The highest BCUT2D eigenvalue weighted by Crippen LogP contribution is 2.49. The monoisotopic (exact) mass is 342 g/mol. The number of nitrogens with one attached hydrogen (secondary N) is 1. The van der Waals surface area contributed by atoms with E-state index in [-0.39, 0.29) is 5.54 Å². The van der Waals surface area contributed by atoms with Gasteiger partial charge in [0.2, 0.25) is 5.91 Å². The van der Waals surface area contributed by atoms with Gasteiger partial charge in [-0.2, -0.15) is 0 Å². The van der Waals surface area contributed by atoms with Crippen LogP contribution in [0.3, 0.4) is 0 Å². The molecule has 1 saturated carbocycles. The fourth-order valence-corrected chi connectivity index (χ4v) is 5.48. The van der Waals surface area contributed by atoms with Crippen LogP contribution in [0.15, 0.2) is 24.3 Å². The Morgan fingerprint density at radius 1 is 1.20 bits per heavy atom. The average molecular weight is 342 g/mol. The van der Waals surface area contributed by atoms with Crippen molar-refractivity contribution in [2.24, 2.45) is 5.92 Å². The molecular formula is C21H30N2O2. The molecule has 1 N–H and O–H groups in total. The number of hydrogen-bond donors (Lipinski definition) is 1. The fraction of sp³-hybridized carbons (Fsp3) is 0.667. The van der Waals surface area contributed by atoms with Crippen LogP contribution in [-0.2, 0) is 11.3 Å². The van der Waals surface area contributed by atoms with Gasteiger partial charge in [-0.3, -0.25) is 4.79 Å². The van der Waals surface area contributed by atoms with Gasteiger partial charge in [0.1, 0.15) is 5.75 Å². The van der Waals surface area contributed by atoms with Crippen LogP contribution in [-0.4, -0.2) is 36.0 Å². The average Bonchev–Trinajstić information content (AvgIpc) is 3.01. The van der Waals surface area contributed by atoms with Crippen molar-refractivity contribution in [2.75, 3.05) is 13.7 Å². The van der Waals surface area contributed by atoms with Crippen molar-refractivity contribution in [3.05, 3.63) is 29.8 Å². The predicted molar refractivity (Wildman–Crippen MR) is 98.5 cm³/mol. The molecule has 3 fully saturated rings. The molecule has 1 amide bonds. The van der Waals surface area contributed by atoms with E-state index in [1.807, 2.05) is 12.1 Å². The Kier molecular flexibility index (Phi) is 4.72. The number of carbonyl (C=O) groups excluding carboxylic acids is 1. The van der Waals surface area contributed by atoms with Crippen LogP contribution in [0.2, 0.25) is 0 Å². The number of carbonyl (C=O) groups is 1. The highest BCUT2D eigenvalue weighted by molar-refractivity contribution is 5.78. The maximum Gasteiger partial charge on any atom is 0.223 e. The summed E-state index contributed by atoms with van der Waals surface area (Å²) in [5, 5.41) is 3.77. The van der Waals surface area contributed by atoms with Gasteiger partial charge < -0.3 is 15.0 Å². The number of ether oxygens (including phenoxy) is 1. The summed E-state index contributed by atoms with van der Waals surface area (Å²) in [6.45, 7) is 1.91. The van der Waals surface area contributed by atoms with Gasteiger partial charge in [-0.15, -0.1) is 0 Å². The Morgan fingerprint density at radius 3 is 2.84 bits per heavy atom. The van der Waals surface area contributed by atoms with E-state index >= 15 is 0 Å². The van der Waals surface area contributed by atoms with E-state index in [4.69, 9.17) is 4.74 Å². The van der Waals surface area contributed by atoms with Crippen molar-refractivity contribution >= 4 is 5.91 Å². The van der Waals surface area contributed by atoms with E-state index in [2.05, 4.69) is 22.3 Å². The number of methoxy groups -OCH3 is 1. The van der Waals surface area contributed by atoms with E-state index < -0.39 is 0 Å². The van der Waals surface area contributed by atoms with Crippen LogP contribution in [0.4, 0.5) is 0 Å². The molecule has 0 aromatic heterocycles. The van der Waals surface area contributed by atoms with Crippen LogP contribution in [0.25, 0.3) is 0 Å². The number of hydrogen-bond acceptors (Lipinski definition) is 3. The Balaban J connectivity index is 1.39. The molecule has 0 unspecified atom stereocenters. The quantitative estimate of drug-likeness (QED) is 0.910. The number of amides is 1. The van der Waals surface area contributed by atoms with Crippen LogP contribution in [0.5, 0.6) is 5.75 Å². The largest absolute Gasteiger partial charge is 0.497 e. The lowest BCUT2D eigenvalue weighted by atomic mass is 9.68.